The molecule has 0 aliphatic heterocycles. The van der Waals surface area contributed by atoms with Gasteiger partial charge in [-0.1, -0.05) is 23.7 Å². The molecule has 2 aromatic carbocycles. The van der Waals surface area contributed by atoms with Gasteiger partial charge >= 0.3 is 5.69 Å². The number of hydrogen-bond donors (Lipinski definition) is 3. The highest BCUT2D eigenvalue weighted by molar-refractivity contribution is 9.10. The fourth-order valence-electron chi connectivity index (χ4n) is 2.41. The topological polar surface area (TPSA) is 165 Å². The molecule has 0 bridgehead atoms. The summed E-state index contributed by atoms with van der Waals surface area (Å²) in [6.45, 7) is 0. The first kappa shape index (κ1) is 21.9. The molecule has 0 saturated heterocycles. The Morgan fingerprint density at radius 3 is 2.42 bits per heavy atom. The zero-order valence-electron chi connectivity index (χ0n) is 15.2. The number of hydrogen-bond acceptors (Lipinski definition) is 9. The van der Waals surface area contributed by atoms with Gasteiger partial charge in [-0.15, -0.1) is 0 Å². The molecule has 1 heterocycles. The van der Waals surface area contributed by atoms with Crippen molar-refractivity contribution in [3.8, 4) is 0 Å². The van der Waals surface area contributed by atoms with Crippen LogP contribution < -0.4 is 16.2 Å². The summed E-state index contributed by atoms with van der Waals surface area (Å²) in [6.07, 6.45) is 1.06. The molecule has 14 heteroatoms. The quantitative estimate of drug-likeness (QED) is 0.313. The number of halogens is 2. The molecule has 1 aromatic heterocycles. The van der Waals surface area contributed by atoms with E-state index in [1.54, 1.807) is 24.3 Å². The molecule has 1 amide bonds. The molecule has 0 radical (unpaired) electrons. The van der Waals surface area contributed by atoms with Gasteiger partial charge in [0, 0.05) is 16.1 Å². The molecular weight excluding hydrogens is 498 g/mol. The average Bonchev–Trinajstić information content (AvgIpc) is 2.73. The van der Waals surface area contributed by atoms with Crippen molar-refractivity contribution < 1.29 is 14.6 Å². The lowest BCUT2D eigenvalue weighted by Gasteiger charge is -2.11. The van der Waals surface area contributed by atoms with Gasteiger partial charge in [0.15, 0.2) is 0 Å². The molecule has 0 fully saturated rings. The Bertz CT molecular complexity index is 1190. The molecule has 3 aromatic rings. The maximum atomic E-state index is 12.3. The highest BCUT2D eigenvalue weighted by atomic mass is 79.9. The number of nitro benzene ring substituents is 1. The van der Waals surface area contributed by atoms with Crippen LogP contribution in [0.15, 0.2) is 53.3 Å². The molecule has 12 nitrogen and oxygen atoms in total. The van der Waals surface area contributed by atoms with Crippen molar-refractivity contribution in [2.75, 3.05) is 10.7 Å². The van der Waals surface area contributed by atoms with Gasteiger partial charge in [-0.05, 0) is 40.2 Å². The van der Waals surface area contributed by atoms with Gasteiger partial charge in [-0.25, -0.2) is 9.97 Å². The van der Waals surface area contributed by atoms with E-state index < -0.39 is 27.1 Å². The molecule has 158 valence electrons. The smallest absolute Gasteiger partial charge is 0.333 e. The maximum absolute atomic E-state index is 12.3. The standard InChI is InChI=1S/C17H11BrClN7O5/c18-10-3-1-2-4-12(10)22-15-14(26(30)31)16(21-8-20-15)23-24-17(27)9-5-6-11(19)13(7-9)25(28)29/h1-8H,(H,24,27)(H2,20,21,22,23). The predicted molar refractivity (Wildman–Crippen MR) is 115 cm³/mol. The van der Waals surface area contributed by atoms with Crippen LogP contribution in [0.1, 0.15) is 10.4 Å². The highest BCUT2D eigenvalue weighted by Gasteiger charge is 2.24. The van der Waals surface area contributed by atoms with Gasteiger partial charge in [-0.3, -0.25) is 35.9 Å². The molecular formula is C17H11BrClN7O5. The Balaban J connectivity index is 1.84. The van der Waals surface area contributed by atoms with Gasteiger partial charge in [0.2, 0.25) is 11.6 Å². The number of anilines is 3. The second kappa shape index (κ2) is 9.32. The number of hydrazine groups is 1. The minimum absolute atomic E-state index is 0.0909. The molecule has 31 heavy (non-hydrogen) atoms. The number of nitrogens with one attached hydrogen (secondary N) is 3. The summed E-state index contributed by atoms with van der Waals surface area (Å²) < 4.78 is 0.648. The number of aromatic nitrogens is 2. The van der Waals surface area contributed by atoms with Crippen LogP contribution in [0.3, 0.4) is 0 Å². The van der Waals surface area contributed by atoms with E-state index in [4.69, 9.17) is 11.6 Å². The van der Waals surface area contributed by atoms with Crippen molar-refractivity contribution >= 4 is 62.1 Å². The molecule has 0 aliphatic carbocycles. The Labute approximate surface area is 187 Å². The number of carbonyl (C=O) groups excluding carboxylic acids is 1. The SMILES string of the molecule is O=C(NNc1ncnc(Nc2ccccc2Br)c1[N+](=O)[O-])c1ccc(Cl)c([N+](=O)[O-])c1. The van der Waals surface area contributed by atoms with Crippen LogP contribution in [0, 0.1) is 20.2 Å². The molecule has 0 atom stereocenters. The Morgan fingerprint density at radius 1 is 1.03 bits per heavy atom. The second-order valence-electron chi connectivity index (χ2n) is 5.78. The lowest BCUT2D eigenvalue weighted by Crippen LogP contribution is -2.30. The van der Waals surface area contributed by atoms with Crippen LogP contribution in [0.25, 0.3) is 0 Å². The van der Waals surface area contributed by atoms with Crippen LogP contribution in [0.2, 0.25) is 5.02 Å². The summed E-state index contributed by atoms with van der Waals surface area (Å²) in [6, 6.07) is 10.4. The normalized spacial score (nSPS) is 10.3. The van der Waals surface area contributed by atoms with Crippen LogP contribution in [-0.4, -0.2) is 25.7 Å². The first-order valence-corrected chi connectivity index (χ1v) is 9.46. The molecule has 3 rings (SSSR count). The van der Waals surface area contributed by atoms with Crippen LogP contribution in [0.4, 0.5) is 28.7 Å². The van der Waals surface area contributed by atoms with E-state index in [1.165, 1.54) is 12.1 Å². The number of para-hydroxylation sites is 1. The number of carbonyl (C=O) groups is 1. The van der Waals surface area contributed by atoms with Crippen LogP contribution in [-0.2, 0) is 0 Å². The number of benzene rings is 2. The van der Waals surface area contributed by atoms with Crippen molar-refractivity contribution in [2.45, 2.75) is 0 Å². The van der Waals surface area contributed by atoms with E-state index in [9.17, 15) is 25.0 Å². The molecule has 0 spiro atoms. The van der Waals surface area contributed by atoms with E-state index in [0.717, 1.165) is 12.4 Å². The lowest BCUT2D eigenvalue weighted by atomic mass is 10.2. The summed E-state index contributed by atoms with van der Waals surface area (Å²) in [5.41, 5.74) is 4.01. The zero-order valence-corrected chi connectivity index (χ0v) is 17.5. The third kappa shape index (κ3) is 5.02. The van der Waals surface area contributed by atoms with Crippen molar-refractivity contribution in [3.05, 3.63) is 84.1 Å². The second-order valence-corrected chi connectivity index (χ2v) is 7.05. The third-order valence-corrected chi connectivity index (χ3v) is 4.84. The van der Waals surface area contributed by atoms with E-state index in [2.05, 4.69) is 42.1 Å². The third-order valence-electron chi connectivity index (χ3n) is 3.83. The Hall–Kier alpha value is -3.84. The number of rotatable bonds is 7. The number of amides is 1. The summed E-state index contributed by atoms with van der Waals surface area (Å²) in [5.74, 6) is -1.22. The monoisotopic (exact) mass is 507 g/mol. The average molecular weight is 509 g/mol. The Kier molecular flexibility index (Phi) is 6.57. The summed E-state index contributed by atoms with van der Waals surface area (Å²) >= 11 is 9.05. The van der Waals surface area contributed by atoms with Gasteiger partial charge in [0.25, 0.3) is 11.6 Å². The zero-order chi connectivity index (χ0) is 22.5. The summed E-state index contributed by atoms with van der Waals surface area (Å²) in [7, 11) is 0. The predicted octanol–water partition coefficient (Wildman–Crippen LogP) is 4.21. The summed E-state index contributed by atoms with van der Waals surface area (Å²) in [5, 5.41) is 25.3. The van der Waals surface area contributed by atoms with E-state index >= 15 is 0 Å². The van der Waals surface area contributed by atoms with Crippen molar-refractivity contribution in [2.24, 2.45) is 0 Å². The molecule has 0 unspecified atom stereocenters. The fraction of sp³-hybridized carbons (Fsp3) is 0. The first-order valence-electron chi connectivity index (χ1n) is 8.29. The molecule has 0 aliphatic rings. The molecule has 3 N–H and O–H groups in total. The van der Waals surface area contributed by atoms with E-state index in [1.807, 2.05) is 0 Å². The van der Waals surface area contributed by atoms with Gasteiger partial charge in [0.05, 0.1) is 15.5 Å². The maximum Gasteiger partial charge on any atom is 0.355 e. The highest BCUT2D eigenvalue weighted by Crippen LogP contribution is 2.33. The van der Waals surface area contributed by atoms with Crippen LogP contribution in [0.5, 0.6) is 0 Å². The fourth-order valence-corrected chi connectivity index (χ4v) is 2.98. The Morgan fingerprint density at radius 2 is 1.74 bits per heavy atom. The van der Waals surface area contributed by atoms with Crippen molar-refractivity contribution in [3.63, 3.8) is 0 Å². The number of nitro groups is 2. The minimum atomic E-state index is -0.798. The molecule has 0 saturated carbocycles. The first-order chi connectivity index (χ1) is 14.8. The summed E-state index contributed by atoms with van der Waals surface area (Å²) in [4.78, 5) is 41.2. The van der Waals surface area contributed by atoms with Crippen molar-refractivity contribution in [1.82, 2.24) is 15.4 Å². The minimum Gasteiger partial charge on any atom is -0.333 e. The lowest BCUT2D eigenvalue weighted by molar-refractivity contribution is -0.384. The van der Waals surface area contributed by atoms with Gasteiger partial charge in [0.1, 0.15) is 11.3 Å². The van der Waals surface area contributed by atoms with Crippen molar-refractivity contribution in [1.29, 1.82) is 0 Å². The van der Waals surface area contributed by atoms with Gasteiger partial charge in [-0.2, -0.15) is 0 Å². The van der Waals surface area contributed by atoms with Gasteiger partial charge < -0.3 is 5.32 Å². The van der Waals surface area contributed by atoms with Crippen LogP contribution >= 0.6 is 27.5 Å². The number of nitrogens with zero attached hydrogens (tertiary/aromatic N) is 4. The van der Waals surface area contributed by atoms with E-state index in [-0.39, 0.29) is 22.2 Å². The largest absolute Gasteiger partial charge is 0.355 e. The van der Waals surface area contributed by atoms with E-state index in [0.29, 0.717) is 10.2 Å².